The fourth-order valence-electron chi connectivity index (χ4n) is 5.49. The summed E-state index contributed by atoms with van der Waals surface area (Å²) in [4.78, 5) is 14.5. The highest BCUT2D eigenvalue weighted by Gasteiger charge is 2.30. The van der Waals surface area contributed by atoms with Crippen LogP contribution in [0.4, 0.5) is 0 Å². The highest BCUT2D eigenvalue weighted by atomic mass is 16.1. The van der Waals surface area contributed by atoms with Crippen molar-refractivity contribution < 1.29 is 4.79 Å². The second kappa shape index (κ2) is 10.2. The Bertz CT molecular complexity index is 476. The Kier molecular flexibility index (Phi) is 7.65. The average Bonchev–Trinajstić information content (AvgIpc) is 3.02. The van der Waals surface area contributed by atoms with Crippen LogP contribution in [0, 0.1) is 29.2 Å². The van der Waals surface area contributed by atoms with Gasteiger partial charge in [-0.1, -0.05) is 64.2 Å². The molecule has 0 bridgehead atoms. The maximum Gasteiger partial charge on any atom is 0.223 e. The SMILES string of the molecule is N#CN1CC[C@@H](NC(=O)C2CCCC(C3CCCCCCCC3)CC2)C1. The van der Waals surface area contributed by atoms with Crippen molar-refractivity contribution in [2.75, 3.05) is 13.1 Å². The molecule has 4 nitrogen and oxygen atoms in total. The molecule has 3 rings (SSSR count). The number of carbonyl (C=O) groups is 1. The molecule has 1 aliphatic heterocycles. The van der Waals surface area contributed by atoms with Crippen LogP contribution in [0.3, 0.4) is 0 Å². The number of nitrogens with one attached hydrogen (secondary N) is 1. The highest BCUT2D eigenvalue weighted by molar-refractivity contribution is 5.79. The van der Waals surface area contributed by atoms with Gasteiger partial charge in [-0.15, -0.1) is 0 Å². The highest BCUT2D eigenvalue weighted by Crippen LogP contribution is 2.37. The largest absolute Gasteiger partial charge is 0.351 e. The number of nitrogens with zero attached hydrogens (tertiary/aromatic N) is 2. The maximum atomic E-state index is 12.7. The summed E-state index contributed by atoms with van der Waals surface area (Å²) in [6.07, 6.45) is 20.4. The third-order valence-corrected chi connectivity index (χ3v) is 7.13. The average molecular weight is 360 g/mol. The van der Waals surface area contributed by atoms with Crippen LogP contribution in [0.15, 0.2) is 0 Å². The number of carbonyl (C=O) groups excluding carboxylic acids is 1. The Morgan fingerprint density at radius 2 is 1.46 bits per heavy atom. The van der Waals surface area contributed by atoms with E-state index in [2.05, 4.69) is 11.5 Å². The van der Waals surface area contributed by atoms with Gasteiger partial charge >= 0.3 is 0 Å². The first kappa shape index (κ1) is 19.5. The number of amides is 1. The summed E-state index contributed by atoms with van der Waals surface area (Å²) in [6, 6.07) is 0.176. The van der Waals surface area contributed by atoms with E-state index in [1.165, 1.54) is 70.6 Å². The Hall–Kier alpha value is -1.24. The summed E-state index contributed by atoms with van der Waals surface area (Å²) in [7, 11) is 0. The van der Waals surface area contributed by atoms with Crippen molar-refractivity contribution in [3.8, 4) is 6.19 Å². The van der Waals surface area contributed by atoms with Crippen LogP contribution in [0.2, 0.25) is 0 Å². The van der Waals surface area contributed by atoms with E-state index in [1.807, 2.05) is 0 Å². The molecule has 2 unspecified atom stereocenters. The first-order chi connectivity index (χ1) is 12.8. The smallest absolute Gasteiger partial charge is 0.223 e. The Morgan fingerprint density at radius 3 is 2.15 bits per heavy atom. The van der Waals surface area contributed by atoms with Crippen molar-refractivity contribution >= 4 is 5.91 Å². The van der Waals surface area contributed by atoms with Crippen LogP contribution in [-0.4, -0.2) is 29.9 Å². The molecule has 4 heteroatoms. The number of rotatable bonds is 3. The van der Waals surface area contributed by atoms with Gasteiger partial charge in [-0.3, -0.25) is 4.79 Å². The van der Waals surface area contributed by atoms with Crippen LogP contribution in [0.5, 0.6) is 0 Å². The van der Waals surface area contributed by atoms with Gasteiger partial charge in [-0.2, -0.15) is 5.26 Å². The normalized spacial score (nSPS) is 32.0. The predicted molar refractivity (Wildman–Crippen MR) is 104 cm³/mol. The van der Waals surface area contributed by atoms with Crippen LogP contribution >= 0.6 is 0 Å². The van der Waals surface area contributed by atoms with Crippen molar-refractivity contribution in [2.45, 2.75) is 95.9 Å². The van der Waals surface area contributed by atoms with Crippen molar-refractivity contribution in [1.82, 2.24) is 10.2 Å². The van der Waals surface area contributed by atoms with E-state index in [9.17, 15) is 4.79 Å². The molecule has 1 amide bonds. The molecular formula is C22H37N3O. The third kappa shape index (κ3) is 5.63. The zero-order valence-electron chi connectivity index (χ0n) is 16.4. The standard InChI is InChI=1S/C22H37N3O/c23-17-25-15-14-21(16-25)24-22(26)20-11-7-10-19(12-13-20)18-8-5-3-1-2-4-6-9-18/h18-21H,1-16H2,(H,24,26)/t19?,20?,21-/m1/s1. The van der Waals surface area contributed by atoms with E-state index in [0.717, 1.165) is 37.6 Å². The number of hydrogen-bond donors (Lipinski definition) is 1. The van der Waals surface area contributed by atoms with E-state index in [0.29, 0.717) is 6.54 Å². The Labute approximate surface area is 159 Å². The number of hydrogen-bond acceptors (Lipinski definition) is 3. The van der Waals surface area contributed by atoms with Crippen molar-refractivity contribution in [3.63, 3.8) is 0 Å². The Balaban J connectivity index is 1.46. The topological polar surface area (TPSA) is 56.1 Å². The van der Waals surface area contributed by atoms with E-state index < -0.39 is 0 Å². The minimum absolute atomic E-state index is 0.176. The van der Waals surface area contributed by atoms with Gasteiger partial charge in [-0.05, 0) is 37.5 Å². The molecule has 3 aliphatic rings. The molecule has 3 fully saturated rings. The van der Waals surface area contributed by atoms with Gasteiger partial charge in [0.25, 0.3) is 0 Å². The zero-order chi connectivity index (χ0) is 18.2. The molecule has 2 aliphatic carbocycles. The lowest BCUT2D eigenvalue weighted by Gasteiger charge is -2.26. The molecule has 0 aromatic carbocycles. The predicted octanol–water partition coefficient (Wildman–Crippen LogP) is 4.61. The summed E-state index contributed by atoms with van der Waals surface area (Å²) in [5.41, 5.74) is 0. The molecule has 2 saturated carbocycles. The molecule has 0 spiro atoms. The monoisotopic (exact) mass is 359 g/mol. The lowest BCUT2D eigenvalue weighted by Crippen LogP contribution is -2.40. The summed E-state index contributed by atoms with van der Waals surface area (Å²) in [5.74, 6) is 2.22. The summed E-state index contributed by atoms with van der Waals surface area (Å²) in [6.45, 7) is 1.48. The minimum atomic E-state index is 0.176. The second-order valence-corrected chi connectivity index (χ2v) is 8.96. The quantitative estimate of drug-likeness (QED) is 0.591. The van der Waals surface area contributed by atoms with Crippen molar-refractivity contribution in [2.24, 2.45) is 17.8 Å². The fourth-order valence-corrected chi connectivity index (χ4v) is 5.49. The molecule has 1 N–H and O–H groups in total. The van der Waals surface area contributed by atoms with Gasteiger partial charge < -0.3 is 10.2 Å². The number of likely N-dealkylation sites (tertiary alicyclic amines) is 1. The molecule has 1 heterocycles. The van der Waals surface area contributed by atoms with E-state index in [-0.39, 0.29) is 17.9 Å². The Morgan fingerprint density at radius 1 is 0.808 bits per heavy atom. The lowest BCUT2D eigenvalue weighted by atomic mass is 9.80. The van der Waals surface area contributed by atoms with Crippen LogP contribution < -0.4 is 5.32 Å². The van der Waals surface area contributed by atoms with Gasteiger partial charge in [0, 0.05) is 25.0 Å². The molecule has 26 heavy (non-hydrogen) atoms. The van der Waals surface area contributed by atoms with Crippen LogP contribution in [0.1, 0.15) is 89.9 Å². The summed E-state index contributed by atoms with van der Waals surface area (Å²) >= 11 is 0. The molecule has 0 aromatic heterocycles. The van der Waals surface area contributed by atoms with E-state index in [1.54, 1.807) is 4.90 Å². The summed E-state index contributed by atoms with van der Waals surface area (Å²) in [5, 5.41) is 12.2. The number of nitriles is 1. The fraction of sp³-hybridized carbons (Fsp3) is 0.909. The first-order valence-electron chi connectivity index (χ1n) is 11.2. The lowest BCUT2D eigenvalue weighted by molar-refractivity contribution is -0.126. The molecule has 3 atom stereocenters. The summed E-state index contributed by atoms with van der Waals surface area (Å²) < 4.78 is 0. The third-order valence-electron chi connectivity index (χ3n) is 7.13. The van der Waals surface area contributed by atoms with Crippen molar-refractivity contribution in [3.05, 3.63) is 0 Å². The first-order valence-corrected chi connectivity index (χ1v) is 11.2. The van der Waals surface area contributed by atoms with Crippen molar-refractivity contribution in [1.29, 1.82) is 5.26 Å². The van der Waals surface area contributed by atoms with Gasteiger partial charge in [0.05, 0.1) is 0 Å². The molecule has 1 saturated heterocycles. The van der Waals surface area contributed by atoms with E-state index in [4.69, 9.17) is 5.26 Å². The zero-order valence-corrected chi connectivity index (χ0v) is 16.4. The molecule has 0 radical (unpaired) electrons. The van der Waals surface area contributed by atoms with Gasteiger partial charge in [0.1, 0.15) is 0 Å². The van der Waals surface area contributed by atoms with Gasteiger partial charge in [0.15, 0.2) is 6.19 Å². The van der Waals surface area contributed by atoms with Crippen LogP contribution in [0.25, 0.3) is 0 Å². The molecular weight excluding hydrogens is 322 g/mol. The molecule has 146 valence electrons. The van der Waals surface area contributed by atoms with Gasteiger partial charge in [0.2, 0.25) is 5.91 Å². The maximum absolute atomic E-state index is 12.7. The van der Waals surface area contributed by atoms with Crippen LogP contribution in [-0.2, 0) is 4.79 Å². The second-order valence-electron chi connectivity index (χ2n) is 8.96. The van der Waals surface area contributed by atoms with E-state index >= 15 is 0 Å². The molecule has 0 aromatic rings. The minimum Gasteiger partial charge on any atom is -0.351 e. The van der Waals surface area contributed by atoms with Gasteiger partial charge in [-0.25, -0.2) is 0 Å².